The Morgan fingerprint density at radius 1 is 0.966 bits per heavy atom. The summed E-state index contributed by atoms with van der Waals surface area (Å²) in [4.78, 5) is 32.4. The van der Waals surface area contributed by atoms with Crippen LogP contribution in [0.5, 0.6) is 0 Å². The third kappa shape index (κ3) is 5.87. The van der Waals surface area contributed by atoms with Crippen molar-refractivity contribution in [3.05, 3.63) is 83.8 Å². The summed E-state index contributed by atoms with van der Waals surface area (Å²) in [6, 6.07) is 16.6. The molecule has 0 spiro atoms. The van der Waals surface area contributed by atoms with Crippen molar-refractivity contribution in [2.45, 2.75) is 13.3 Å². The van der Waals surface area contributed by atoms with Gasteiger partial charge in [-0.1, -0.05) is 30.3 Å². The van der Waals surface area contributed by atoms with E-state index in [4.69, 9.17) is 4.74 Å². The van der Waals surface area contributed by atoms with Gasteiger partial charge in [0.15, 0.2) is 0 Å². The predicted molar refractivity (Wildman–Crippen MR) is 111 cm³/mol. The molecule has 1 amide bonds. The Kier molecular flexibility index (Phi) is 6.89. The molecular weight excluding hydrogens is 368 g/mol. The molecule has 0 radical (unpaired) electrons. The molecule has 0 bridgehead atoms. The van der Waals surface area contributed by atoms with Gasteiger partial charge in [0.05, 0.1) is 24.6 Å². The van der Waals surface area contributed by atoms with E-state index >= 15 is 0 Å². The predicted octanol–water partition coefficient (Wildman–Crippen LogP) is 3.56. The van der Waals surface area contributed by atoms with E-state index in [1.54, 1.807) is 31.2 Å². The largest absolute Gasteiger partial charge is 0.462 e. The van der Waals surface area contributed by atoms with Crippen molar-refractivity contribution < 1.29 is 14.3 Å². The van der Waals surface area contributed by atoms with Crippen molar-refractivity contribution in [3.8, 4) is 0 Å². The number of hydrogen-bond donors (Lipinski definition) is 2. The zero-order valence-corrected chi connectivity index (χ0v) is 16.1. The highest BCUT2D eigenvalue weighted by Gasteiger charge is 2.10. The van der Waals surface area contributed by atoms with Gasteiger partial charge in [-0.15, -0.1) is 0 Å². The van der Waals surface area contributed by atoms with Gasteiger partial charge in [-0.2, -0.15) is 0 Å². The number of anilines is 2. The lowest BCUT2D eigenvalue weighted by Crippen LogP contribution is -2.15. The fraction of sp³-hybridized carbons (Fsp3) is 0.182. The molecule has 2 N–H and O–H groups in total. The van der Waals surface area contributed by atoms with Crippen molar-refractivity contribution in [2.75, 3.05) is 23.8 Å². The fourth-order valence-electron chi connectivity index (χ4n) is 2.62. The molecular formula is C22H22N4O3. The maximum absolute atomic E-state index is 12.3. The molecule has 1 aromatic heterocycles. The lowest BCUT2D eigenvalue weighted by atomic mass is 10.1. The molecule has 3 aromatic rings. The molecule has 0 fully saturated rings. The average molecular weight is 390 g/mol. The molecule has 7 nitrogen and oxygen atoms in total. The second-order valence-corrected chi connectivity index (χ2v) is 6.20. The van der Waals surface area contributed by atoms with Crippen LogP contribution in [0.25, 0.3) is 0 Å². The Balaban J connectivity index is 1.51. The topological polar surface area (TPSA) is 93.2 Å². The van der Waals surface area contributed by atoms with Crippen LogP contribution in [0, 0.1) is 0 Å². The van der Waals surface area contributed by atoms with E-state index < -0.39 is 5.97 Å². The number of aromatic nitrogens is 2. The normalized spacial score (nSPS) is 10.2. The highest BCUT2D eigenvalue weighted by molar-refractivity contribution is 6.03. The van der Waals surface area contributed by atoms with Crippen LogP contribution in [-0.2, 0) is 11.2 Å². The number of rotatable bonds is 8. The van der Waals surface area contributed by atoms with Gasteiger partial charge in [-0.25, -0.2) is 14.8 Å². The second kappa shape index (κ2) is 9.98. The Bertz CT molecular complexity index is 942. The molecule has 29 heavy (non-hydrogen) atoms. The zero-order chi connectivity index (χ0) is 20.5. The summed E-state index contributed by atoms with van der Waals surface area (Å²) < 4.78 is 4.93. The van der Waals surface area contributed by atoms with Crippen LogP contribution in [-0.4, -0.2) is 35.0 Å². The lowest BCUT2D eigenvalue weighted by molar-refractivity contribution is 0.0526. The minimum absolute atomic E-state index is 0.202. The number of carbonyl (C=O) groups excluding carboxylic acids is 2. The first kappa shape index (κ1) is 20.0. The highest BCUT2D eigenvalue weighted by atomic mass is 16.5. The van der Waals surface area contributed by atoms with Gasteiger partial charge < -0.3 is 15.4 Å². The summed E-state index contributed by atoms with van der Waals surface area (Å²) in [7, 11) is 0. The maximum Gasteiger partial charge on any atom is 0.338 e. The first-order valence-electron chi connectivity index (χ1n) is 9.34. The highest BCUT2D eigenvalue weighted by Crippen LogP contribution is 2.12. The maximum atomic E-state index is 12.3. The standard InChI is InChI=1S/C22H22N4O3/c1-2-29-22(28)17-8-10-18(11-9-17)26-21(27)19-14-25-20(15-24-19)23-13-12-16-6-4-3-5-7-16/h3-11,14-15H,2,12-13H2,1H3,(H,23,25)(H,26,27). The van der Waals surface area contributed by atoms with Crippen LogP contribution in [0.3, 0.4) is 0 Å². The fourth-order valence-corrected chi connectivity index (χ4v) is 2.62. The molecule has 1 heterocycles. The van der Waals surface area contributed by atoms with E-state index in [9.17, 15) is 9.59 Å². The van der Waals surface area contributed by atoms with Crippen molar-refractivity contribution in [1.29, 1.82) is 0 Å². The molecule has 0 aliphatic carbocycles. The number of nitrogens with one attached hydrogen (secondary N) is 2. The summed E-state index contributed by atoms with van der Waals surface area (Å²) in [6.45, 7) is 2.78. The number of esters is 1. The van der Waals surface area contributed by atoms with Gasteiger partial charge in [0.25, 0.3) is 5.91 Å². The monoisotopic (exact) mass is 390 g/mol. The van der Waals surface area contributed by atoms with Crippen LogP contribution in [0.15, 0.2) is 67.0 Å². The van der Waals surface area contributed by atoms with Crippen LogP contribution in [0.4, 0.5) is 11.5 Å². The molecule has 148 valence electrons. The number of hydrogen-bond acceptors (Lipinski definition) is 6. The summed E-state index contributed by atoms with van der Waals surface area (Å²) in [6.07, 6.45) is 3.82. The number of ether oxygens (including phenoxy) is 1. The van der Waals surface area contributed by atoms with Crippen LogP contribution < -0.4 is 10.6 Å². The van der Waals surface area contributed by atoms with E-state index in [1.165, 1.54) is 18.0 Å². The number of carbonyl (C=O) groups is 2. The van der Waals surface area contributed by atoms with E-state index in [-0.39, 0.29) is 11.6 Å². The Morgan fingerprint density at radius 2 is 1.72 bits per heavy atom. The zero-order valence-electron chi connectivity index (χ0n) is 16.1. The van der Waals surface area contributed by atoms with Crippen LogP contribution in [0.1, 0.15) is 33.3 Å². The molecule has 0 aliphatic rings. The Labute approximate surface area is 169 Å². The molecule has 0 atom stereocenters. The summed E-state index contributed by atoms with van der Waals surface area (Å²) in [5.41, 5.74) is 2.41. The smallest absolute Gasteiger partial charge is 0.338 e. The third-order valence-corrected chi connectivity index (χ3v) is 4.10. The van der Waals surface area contributed by atoms with Gasteiger partial charge in [-0.05, 0) is 43.2 Å². The van der Waals surface area contributed by atoms with Gasteiger partial charge >= 0.3 is 5.97 Å². The number of amides is 1. The first-order valence-corrected chi connectivity index (χ1v) is 9.34. The van der Waals surface area contributed by atoms with E-state index in [2.05, 4.69) is 32.7 Å². The van der Waals surface area contributed by atoms with E-state index in [1.807, 2.05) is 18.2 Å². The van der Waals surface area contributed by atoms with Crippen molar-refractivity contribution in [3.63, 3.8) is 0 Å². The minimum Gasteiger partial charge on any atom is -0.462 e. The molecule has 0 saturated heterocycles. The minimum atomic E-state index is -0.397. The number of benzene rings is 2. The molecule has 0 aliphatic heterocycles. The molecule has 7 heteroatoms. The van der Waals surface area contributed by atoms with Crippen molar-refractivity contribution in [1.82, 2.24) is 9.97 Å². The average Bonchev–Trinajstić information content (AvgIpc) is 2.75. The van der Waals surface area contributed by atoms with Crippen LogP contribution >= 0.6 is 0 Å². The summed E-state index contributed by atoms with van der Waals surface area (Å²) in [5, 5.41) is 5.91. The summed E-state index contributed by atoms with van der Waals surface area (Å²) in [5.74, 6) is -0.167. The molecule has 2 aromatic carbocycles. The van der Waals surface area contributed by atoms with Crippen molar-refractivity contribution >= 4 is 23.4 Å². The van der Waals surface area contributed by atoms with E-state index in [0.29, 0.717) is 23.7 Å². The quantitative estimate of drug-likeness (QED) is 0.571. The first-order chi connectivity index (χ1) is 14.2. The molecule has 3 rings (SSSR count). The molecule has 0 saturated carbocycles. The summed E-state index contributed by atoms with van der Waals surface area (Å²) >= 11 is 0. The van der Waals surface area contributed by atoms with Gasteiger partial charge in [0.2, 0.25) is 0 Å². The third-order valence-electron chi connectivity index (χ3n) is 4.10. The van der Waals surface area contributed by atoms with Gasteiger partial charge in [-0.3, -0.25) is 4.79 Å². The number of nitrogens with zero attached hydrogens (tertiary/aromatic N) is 2. The van der Waals surface area contributed by atoms with E-state index in [0.717, 1.165) is 13.0 Å². The Morgan fingerprint density at radius 3 is 2.38 bits per heavy atom. The van der Waals surface area contributed by atoms with Gasteiger partial charge in [0, 0.05) is 12.2 Å². The Hall–Kier alpha value is -3.74. The second-order valence-electron chi connectivity index (χ2n) is 6.20. The van der Waals surface area contributed by atoms with Gasteiger partial charge in [0.1, 0.15) is 11.5 Å². The SMILES string of the molecule is CCOC(=O)c1ccc(NC(=O)c2cnc(NCCc3ccccc3)cn2)cc1. The van der Waals surface area contributed by atoms with Crippen LogP contribution in [0.2, 0.25) is 0 Å². The van der Waals surface area contributed by atoms with Crippen molar-refractivity contribution in [2.24, 2.45) is 0 Å². The molecule has 0 unspecified atom stereocenters. The lowest BCUT2D eigenvalue weighted by Gasteiger charge is -2.08.